The van der Waals surface area contributed by atoms with Gasteiger partial charge in [0, 0.05) is 0 Å². The number of ether oxygens (including phenoxy) is 2. The molecule has 1 unspecified atom stereocenters. The van der Waals surface area contributed by atoms with E-state index in [0.29, 0.717) is 11.7 Å². The van der Waals surface area contributed by atoms with Crippen LogP contribution in [-0.2, 0) is 4.74 Å². The second kappa shape index (κ2) is 6.39. The molecule has 22 heavy (non-hydrogen) atoms. The molecule has 1 atom stereocenters. The van der Waals surface area contributed by atoms with Crippen molar-refractivity contribution in [1.82, 2.24) is 0 Å². The number of hydrogen-bond acceptors (Lipinski definition) is 3. The van der Waals surface area contributed by atoms with Gasteiger partial charge in [0.2, 0.25) is 0 Å². The van der Waals surface area contributed by atoms with Crippen LogP contribution in [0.5, 0.6) is 5.75 Å². The highest BCUT2D eigenvalue weighted by Gasteiger charge is 2.18. The second-order valence-electron chi connectivity index (χ2n) is 6.64. The second-order valence-corrected chi connectivity index (χ2v) is 6.64. The van der Waals surface area contributed by atoms with Crippen molar-refractivity contribution < 1.29 is 14.3 Å². The van der Waals surface area contributed by atoms with Crippen LogP contribution in [0.1, 0.15) is 52.5 Å². The summed E-state index contributed by atoms with van der Waals surface area (Å²) < 4.78 is 10.4. The van der Waals surface area contributed by atoms with Crippen LogP contribution in [0.15, 0.2) is 36.4 Å². The zero-order chi connectivity index (χ0) is 16.3. The number of hydrogen-bond donors (Lipinski definition) is 0. The molecule has 0 radical (unpaired) electrons. The van der Waals surface area contributed by atoms with Crippen molar-refractivity contribution in [3.05, 3.63) is 42.0 Å². The van der Waals surface area contributed by atoms with Gasteiger partial charge in [0.1, 0.15) is 11.4 Å². The SMILES string of the molecule is CCC(C)c1ccc2cc(OC(=O)OC(C)(C)C)ccc2c1. The van der Waals surface area contributed by atoms with Crippen LogP contribution in [0.2, 0.25) is 0 Å². The van der Waals surface area contributed by atoms with E-state index in [9.17, 15) is 4.79 Å². The molecule has 2 rings (SSSR count). The lowest BCUT2D eigenvalue weighted by atomic mass is 9.96. The summed E-state index contributed by atoms with van der Waals surface area (Å²) in [6.45, 7) is 9.84. The molecule has 0 saturated carbocycles. The summed E-state index contributed by atoms with van der Waals surface area (Å²) in [5, 5.41) is 2.20. The van der Waals surface area contributed by atoms with Gasteiger partial charge in [-0.15, -0.1) is 0 Å². The van der Waals surface area contributed by atoms with Crippen molar-refractivity contribution in [2.45, 2.75) is 52.6 Å². The minimum Gasteiger partial charge on any atom is -0.428 e. The van der Waals surface area contributed by atoms with E-state index in [-0.39, 0.29) is 0 Å². The number of rotatable bonds is 3. The van der Waals surface area contributed by atoms with E-state index in [2.05, 4.69) is 32.0 Å². The van der Waals surface area contributed by atoms with Gasteiger partial charge in [0.15, 0.2) is 0 Å². The molecule has 0 N–H and O–H groups in total. The maximum Gasteiger partial charge on any atom is 0.514 e. The smallest absolute Gasteiger partial charge is 0.428 e. The zero-order valence-corrected chi connectivity index (χ0v) is 14.0. The minimum absolute atomic E-state index is 0.498. The number of fused-ring (bicyclic) bond motifs is 1. The van der Waals surface area contributed by atoms with Gasteiger partial charge in [-0.05, 0) is 61.6 Å². The van der Waals surface area contributed by atoms with E-state index >= 15 is 0 Å². The molecule has 118 valence electrons. The molecule has 0 bridgehead atoms. The van der Waals surface area contributed by atoms with Crippen molar-refractivity contribution in [2.24, 2.45) is 0 Å². The molecule has 0 aliphatic carbocycles. The first-order chi connectivity index (χ1) is 10.3. The summed E-state index contributed by atoms with van der Waals surface area (Å²) in [5.41, 5.74) is 0.773. The summed E-state index contributed by atoms with van der Waals surface area (Å²) in [4.78, 5) is 11.7. The van der Waals surface area contributed by atoms with Gasteiger partial charge >= 0.3 is 6.16 Å². The molecular formula is C19H24O3. The first-order valence-corrected chi connectivity index (χ1v) is 7.73. The van der Waals surface area contributed by atoms with Gasteiger partial charge in [0.05, 0.1) is 0 Å². The fourth-order valence-electron chi connectivity index (χ4n) is 2.22. The topological polar surface area (TPSA) is 35.5 Å². The Balaban J connectivity index is 2.19. The standard InChI is InChI=1S/C19H24O3/c1-6-13(2)14-7-8-16-12-17(10-9-15(16)11-14)21-18(20)22-19(3,4)5/h7-13H,6H2,1-5H3. The zero-order valence-electron chi connectivity index (χ0n) is 14.0. The van der Waals surface area contributed by atoms with Crippen LogP contribution >= 0.6 is 0 Å². The average molecular weight is 300 g/mol. The van der Waals surface area contributed by atoms with Crippen molar-refractivity contribution in [3.63, 3.8) is 0 Å². The highest BCUT2D eigenvalue weighted by atomic mass is 16.7. The monoisotopic (exact) mass is 300 g/mol. The molecule has 2 aromatic rings. The fourth-order valence-corrected chi connectivity index (χ4v) is 2.22. The summed E-state index contributed by atoms with van der Waals surface area (Å²) in [5.74, 6) is 1.04. The first-order valence-electron chi connectivity index (χ1n) is 7.73. The number of benzene rings is 2. The molecule has 3 heteroatoms. The molecular weight excluding hydrogens is 276 g/mol. The third kappa shape index (κ3) is 4.23. The van der Waals surface area contributed by atoms with Crippen LogP contribution in [0.3, 0.4) is 0 Å². The van der Waals surface area contributed by atoms with Crippen molar-refractivity contribution in [2.75, 3.05) is 0 Å². The normalized spacial score (nSPS) is 13.0. The Morgan fingerprint density at radius 2 is 1.73 bits per heavy atom. The minimum atomic E-state index is -0.678. The van der Waals surface area contributed by atoms with E-state index in [1.165, 1.54) is 5.56 Å². The molecule has 0 aliphatic rings. The Hall–Kier alpha value is -2.03. The highest BCUT2D eigenvalue weighted by molar-refractivity contribution is 5.85. The fraction of sp³-hybridized carbons (Fsp3) is 0.421. The molecule has 0 saturated heterocycles. The Bertz CT molecular complexity index is 668. The Morgan fingerprint density at radius 3 is 2.36 bits per heavy atom. The van der Waals surface area contributed by atoms with Gasteiger partial charge in [-0.25, -0.2) is 4.79 Å². The maximum atomic E-state index is 11.7. The van der Waals surface area contributed by atoms with Crippen LogP contribution in [-0.4, -0.2) is 11.8 Å². The van der Waals surface area contributed by atoms with Gasteiger partial charge in [-0.3, -0.25) is 0 Å². The third-order valence-electron chi connectivity index (χ3n) is 3.61. The number of carbonyl (C=O) groups excluding carboxylic acids is 1. The Kier molecular flexibility index (Phi) is 4.74. The van der Waals surface area contributed by atoms with Crippen LogP contribution in [0.4, 0.5) is 4.79 Å². The molecule has 0 aliphatic heterocycles. The molecule has 0 spiro atoms. The molecule has 3 nitrogen and oxygen atoms in total. The third-order valence-corrected chi connectivity index (χ3v) is 3.61. The lowest BCUT2D eigenvalue weighted by Crippen LogP contribution is -2.25. The lowest BCUT2D eigenvalue weighted by molar-refractivity contribution is 0.0206. The lowest BCUT2D eigenvalue weighted by Gasteiger charge is -2.18. The van der Waals surface area contributed by atoms with Crippen LogP contribution < -0.4 is 4.74 Å². The summed E-state index contributed by atoms with van der Waals surface area (Å²) in [7, 11) is 0. The summed E-state index contributed by atoms with van der Waals surface area (Å²) in [6.07, 6.45) is 0.439. The quantitative estimate of drug-likeness (QED) is 0.541. The molecule has 0 heterocycles. The van der Waals surface area contributed by atoms with E-state index in [1.807, 2.05) is 32.9 Å². The summed E-state index contributed by atoms with van der Waals surface area (Å²) >= 11 is 0. The predicted octanol–water partition coefficient (Wildman–Crippen LogP) is 5.67. The van der Waals surface area contributed by atoms with Crippen molar-refractivity contribution in [1.29, 1.82) is 0 Å². The molecule has 2 aromatic carbocycles. The van der Waals surface area contributed by atoms with Gasteiger partial charge in [-0.2, -0.15) is 0 Å². The van der Waals surface area contributed by atoms with Gasteiger partial charge in [0.25, 0.3) is 0 Å². The average Bonchev–Trinajstić information content (AvgIpc) is 2.43. The van der Waals surface area contributed by atoms with Crippen LogP contribution in [0.25, 0.3) is 10.8 Å². The predicted molar refractivity (Wildman–Crippen MR) is 89.5 cm³/mol. The van der Waals surface area contributed by atoms with E-state index in [4.69, 9.17) is 9.47 Å². The Morgan fingerprint density at radius 1 is 1.09 bits per heavy atom. The molecule has 0 fully saturated rings. The van der Waals surface area contributed by atoms with E-state index in [1.54, 1.807) is 6.07 Å². The van der Waals surface area contributed by atoms with E-state index < -0.39 is 11.8 Å². The maximum absolute atomic E-state index is 11.7. The highest BCUT2D eigenvalue weighted by Crippen LogP contribution is 2.26. The molecule has 0 aromatic heterocycles. The van der Waals surface area contributed by atoms with Crippen molar-refractivity contribution >= 4 is 16.9 Å². The summed E-state index contributed by atoms with van der Waals surface area (Å²) in [6, 6.07) is 12.0. The molecule has 0 amide bonds. The van der Waals surface area contributed by atoms with E-state index in [0.717, 1.165) is 17.2 Å². The van der Waals surface area contributed by atoms with Gasteiger partial charge < -0.3 is 9.47 Å². The largest absolute Gasteiger partial charge is 0.514 e. The van der Waals surface area contributed by atoms with Crippen LogP contribution in [0, 0.1) is 0 Å². The number of carbonyl (C=O) groups is 1. The van der Waals surface area contributed by atoms with Crippen molar-refractivity contribution in [3.8, 4) is 5.75 Å². The first kappa shape index (κ1) is 16.3. The Labute approximate surface area is 132 Å². The van der Waals surface area contributed by atoms with Gasteiger partial charge in [-0.1, -0.05) is 38.1 Å².